The highest BCUT2D eigenvalue weighted by Gasteiger charge is 2.25. The summed E-state index contributed by atoms with van der Waals surface area (Å²) in [6, 6.07) is 14.6. The monoisotopic (exact) mass is 407 g/mol. The summed E-state index contributed by atoms with van der Waals surface area (Å²) in [6.07, 6.45) is 3.15. The third kappa shape index (κ3) is 4.19. The Hall–Kier alpha value is -2.67. The van der Waals surface area contributed by atoms with Crippen molar-refractivity contribution in [3.63, 3.8) is 0 Å². The zero-order valence-corrected chi connectivity index (χ0v) is 17.7. The number of aryl methyl sites for hydroxylation is 3. The van der Waals surface area contributed by atoms with Crippen LogP contribution in [0.1, 0.15) is 48.1 Å². The number of hydrogen-bond donors (Lipinski definition) is 1. The molecular formula is C22H25N5OS. The first-order valence-corrected chi connectivity index (χ1v) is 10.8. The first kappa shape index (κ1) is 19.6. The summed E-state index contributed by atoms with van der Waals surface area (Å²) in [5.41, 5.74) is 5.73. The number of aromatic nitrogens is 4. The number of thioether (sulfide) groups is 1. The molecule has 1 aliphatic rings. The van der Waals surface area contributed by atoms with Crippen LogP contribution in [0.4, 0.5) is 0 Å². The molecule has 3 aromatic rings. The van der Waals surface area contributed by atoms with E-state index in [1.165, 1.54) is 22.9 Å². The second-order valence-electron chi connectivity index (χ2n) is 7.58. The van der Waals surface area contributed by atoms with Crippen molar-refractivity contribution < 1.29 is 4.79 Å². The maximum Gasteiger partial charge on any atom is 0.233 e. The standard InChI is InChI=1S/C22H25N5OS/c1-14-11-12-15(2)20(13-14)27-22(24-25-26-27)29-16(3)21(28)23-19-10-6-8-17-7-4-5-9-18(17)19/h4-5,7,9,11-13,16,19H,6,8,10H2,1-3H3,(H,23,28). The quantitative estimate of drug-likeness (QED) is 0.648. The highest BCUT2D eigenvalue weighted by Crippen LogP contribution is 2.31. The molecule has 4 rings (SSSR count). The van der Waals surface area contributed by atoms with Gasteiger partial charge in [-0.2, -0.15) is 4.68 Å². The maximum atomic E-state index is 12.9. The number of carbonyl (C=O) groups excluding carboxylic acids is 1. The largest absolute Gasteiger partial charge is 0.348 e. The second kappa shape index (κ2) is 8.37. The Labute approximate surface area is 175 Å². The molecule has 2 atom stereocenters. The molecule has 6 nitrogen and oxygen atoms in total. The fourth-order valence-electron chi connectivity index (χ4n) is 3.76. The summed E-state index contributed by atoms with van der Waals surface area (Å²) >= 11 is 1.38. The van der Waals surface area contributed by atoms with E-state index in [1.54, 1.807) is 4.68 Å². The number of nitrogens with one attached hydrogen (secondary N) is 1. The molecule has 0 saturated heterocycles. The number of amides is 1. The normalized spacial score (nSPS) is 16.9. The average Bonchev–Trinajstić information content (AvgIpc) is 3.18. The minimum absolute atomic E-state index is 0.00668. The summed E-state index contributed by atoms with van der Waals surface area (Å²) < 4.78 is 1.71. The van der Waals surface area contributed by atoms with E-state index in [2.05, 4.69) is 57.2 Å². The number of nitrogens with zero attached hydrogens (tertiary/aromatic N) is 4. The van der Waals surface area contributed by atoms with Gasteiger partial charge in [0, 0.05) is 0 Å². The van der Waals surface area contributed by atoms with E-state index >= 15 is 0 Å². The Kier molecular flexibility index (Phi) is 5.67. The highest BCUT2D eigenvalue weighted by molar-refractivity contribution is 8.00. The molecule has 0 aliphatic heterocycles. The molecule has 0 saturated carbocycles. The van der Waals surface area contributed by atoms with Crippen LogP contribution in [0.2, 0.25) is 0 Å². The smallest absolute Gasteiger partial charge is 0.233 e. The lowest BCUT2D eigenvalue weighted by Crippen LogP contribution is -2.36. The van der Waals surface area contributed by atoms with Crippen molar-refractivity contribution in [1.82, 2.24) is 25.5 Å². The van der Waals surface area contributed by atoms with Crippen LogP contribution in [-0.4, -0.2) is 31.4 Å². The molecule has 7 heteroatoms. The van der Waals surface area contributed by atoms with Crippen molar-refractivity contribution in [2.75, 3.05) is 0 Å². The van der Waals surface area contributed by atoms with E-state index < -0.39 is 0 Å². The van der Waals surface area contributed by atoms with Gasteiger partial charge in [0.05, 0.1) is 17.0 Å². The average molecular weight is 408 g/mol. The minimum atomic E-state index is -0.307. The predicted molar refractivity (Wildman–Crippen MR) is 114 cm³/mol. The van der Waals surface area contributed by atoms with Gasteiger partial charge in [-0.05, 0) is 78.8 Å². The van der Waals surface area contributed by atoms with E-state index in [0.29, 0.717) is 5.16 Å². The van der Waals surface area contributed by atoms with Gasteiger partial charge < -0.3 is 5.32 Å². The van der Waals surface area contributed by atoms with Crippen molar-refractivity contribution >= 4 is 17.7 Å². The molecule has 2 aromatic carbocycles. The number of benzene rings is 2. The number of tetrazole rings is 1. The molecule has 1 aromatic heterocycles. The van der Waals surface area contributed by atoms with E-state index in [4.69, 9.17) is 0 Å². The summed E-state index contributed by atoms with van der Waals surface area (Å²) in [4.78, 5) is 12.9. The fourth-order valence-corrected chi connectivity index (χ4v) is 4.57. The Bertz CT molecular complexity index is 1030. The molecule has 1 amide bonds. The third-order valence-electron chi connectivity index (χ3n) is 5.37. The van der Waals surface area contributed by atoms with Crippen molar-refractivity contribution in [2.24, 2.45) is 0 Å². The molecule has 1 aliphatic carbocycles. The molecule has 29 heavy (non-hydrogen) atoms. The van der Waals surface area contributed by atoms with E-state index in [9.17, 15) is 4.79 Å². The van der Waals surface area contributed by atoms with Gasteiger partial charge in [0.2, 0.25) is 11.1 Å². The maximum absolute atomic E-state index is 12.9. The Balaban J connectivity index is 1.48. The van der Waals surface area contributed by atoms with Crippen molar-refractivity contribution in [1.29, 1.82) is 0 Å². The molecule has 0 spiro atoms. The van der Waals surface area contributed by atoms with Gasteiger partial charge in [0.1, 0.15) is 0 Å². The lowest BCUT2D eigenvalue weighted by molar-refractivity contribution is -0.121. The van der Waals surface area contributed by atoms with Gasteiger partial charge in [-0.15, -0.1) is 5.10 Å². The van der Waals surface area contributed by atoms with Crippen LogP contribution in [0.5, 0.6) is 0 Å². The molecular weight excluding hydrogens is 382 g/mol. The number of hydrogen-bond acceptors (Lipinski definition) is 5. The molecule has 150 valence electrons. The van der Waals surface area contributed by atoms with Crippen molar-refractivity contribution in [3.8, 4) is 5.69 Å². The Morgan fingerprint density at radius 1 is 1.24 bits per heavy atom. The van der Waals surface area contributed by atoms with E-state index in [0.717, 1.165) is 36.1 Å². The van der Waals surface area contributed by atoms with Crippen LogP contribution in [-0.2, 0) is 11.2 Å². The minimum Gasteiger partial charge on any atom is -0.348 e. The summed E-state index contributed by atoms with van der Waals surface area (Å²) in [5, 5.41) is 15.7. The Morgan fingerprint density at radius 3 is 2.93 bits per heavy atom. The van der Waals surface area contributed by atoms with Crippen LogP contribution in [0.3, 0.4) is 0 Å². The Morgan fingerprint density at radius 2 is 2.07 bits per heavy atom. The highest BCUT2D eigenvalue weighted by atomic mass is 32.2. The summed E-state index contributed by atoms with van der Waals surface area (Å²) in [7, 11) is 0. The van der Waals surface area contributed by atoms with E-state index in [-0.39, 0.29) is 17.2 Å². The predicted octanol–water partition coefficient (Wildman–Crippen LogP) is 3.95. The zero-order chi connectivity index (χ0) is 20.4. The molecule has 0 fully saturated rings. The van der Waals surface area contributed by atoms with Gasteiger partial charge in [0.25, 0.3) is 0 Å². The lowest BCUT2D eigenvalue weighted by Gasteiger charge is -2.27. The first-order chi connectivity index (χ1) is 14.0. The number of rotatable bonds is 5. The van der Waals surface area contributed by atoms with Crippen LogP contribution in [0.25, 0.3) is 5.69 Å². The van der Waals surface area contributed by atoms with Crippen molar-refractivity contribution in [2.45, 2.75) is 56.5 Å². The van der Waals surface area contributed by atoms with E-state index in [1.807, 2.05) is 26.8 Å². The summed E-state index contributed by atoms with van der Waals surface area (Å²) in [5.74, 6) is 0.00668. The first-order valence-electron chi connectivity index (χ1n) is 9.94. The molecule has 2 unspecified atom stereocenters. The van der Waals surface area contributed by atoms with Gasteiger partial charge >= 0.3 is 0 Å². The summed E-state index contributed by atoms with van der Waals surface area (Å²) in [6.45, 7) is 5.97. The zero-order valence-electron chi connectivity index (χ0n) is 16.9. The second-order valence-corrected chi connectivity index (χ2v) is 8.88. The number of carbonyl (C=O) groups is 1. The molecule has 0 bridgehead atoms. The topological polar surface area (TPSA) is 72.7 Å². The number of fused-ring (bicyclic) bond motifs is 1. The van der Waals surface area contributed by atoms with Crippen LogP contribution in [0.15, 0.2) is 47.6 Å². The SMILES string of the molecule is Cc1ccc(C)c(-n2nnnc2SC(C)C(=O)NC2CCCc3ccccc32)c1. The van der Waals surface area contributed by atoms with Crippen LogP contribution < -0.4 is 5.32 Å². The molecule has 1 N–H and O–H groups in total. The van der Waals surface area contributed by atoms with Gasteiger partial charge in [0.15, 0.2) is 0 Å². The van der Waals surface area contributed by atoms with Gasteiger partial charge in [-0.25, -0.2) is 0 Å². The van der Waals surface area contributed by atoms with Crippen LogP contribution in [0, 0.1) is 13.8 Å². The molecule has 1 heterocycles. The van der Waals surface area contributed by atoms with Crippen molar-refractivity contribution in [3.05, 3.63) is 64.7 Å². The van der Waals surface area contributed by atoms with Crippen LogP contribution >= 0.6 is 11.8 Å². The fraction of sp³-hybridized carbons (Fsp3) is 0.364. The third-order valence-corrected chi connectivity index (χ3v) is 6.40. The molecule has 0 radical (unpaired) electrons. The lowest BCUT2D eigenvalue weighted by atomic mass is 9.88. The van der Waals surface area contributed by atoms with Gasteiger partial charge in [-0.1, -0.05) is 48.2 Å². The van der Waals surface area contributed by atoms with Gasteiger partial charge in [-0.3, -0.25) is 4.79 Å².